The number of nitrogen functional groups attached to an aromatic ring is 1. The maximum absolute atomic E-state index is 5.94. The van der Waals surface area contributed by atoms with Crippen molar-refractivity contribution in [1.82, 2.24) is 30.0 Å². The Morgan fingerprint density at radius 3 is 2.70 bits per heavy atom. The highest BCUT2D eigenvalue weighted by atomic mass is 35.5. The number of hydrogen-bond donors (Lipinski definition) is 3. The Morgan fingerprint density at radius 2 is 1.93 bits per heavy atom. The average molecular weight is 415 g/mol. The Morgan fingerprint density at radius 1 is 1.19 bits per heavy atom. The average Bonchev–Trinajstić information content (AvgIpc) is 3.22. The minimum absolute atomic E-state index is 0. The number of halogens is 2. The molecular formula is C17H28Cl2N8. The Balaban J connectivity index is 0.00000131. The Hall–Kier alpha value is -1.64. The quantitative estimate of drug-likeness (QED) is 0.704. The highest BCUT2D eigenvalue weighted by Crippen LogP contribution is 2.32. The summed E-state index contributed by atoms with van der Waals surface area (Å²) in [4.78, 5) is 8.91. The summed E-state index contributed by atoms with van der Waals surface area (Å²) < 4.78 is 2.23. The molecule has 4 N–H and O–H groups in total. The van der Waals surface area contributed by atoms with Crippen LogP contribution in [0.4, 0.5) is 11.8 Å². The molecule has 0 spiro atoms. The van der Waals surface area contributed by atoms with Crippen molar-refractivity contribution in [2.75, 3.05) is 24.1 Å². The Bertz CT molecular complexity index is 745. The molecule has 27 heavy (non-hydrogen) atoms. The molecule has 0 aromatic carbocycles. The molecule has 4 rings (SSSR count). The molecule has 1 aliphatic carbocycles. The van der Waals surface area contributed by atoms with E-state index in [9.17, 15) is 0 Å². The van der Waals surface area contributed by atoms with Gasteiger partial charge in [-0.3, -0.25) is 0 Å². The van der Waals surface area contributed by atoms with Crippen LogP contribution in [0.2, 0.25) is 0 Å². The molecule has 0 bridgehead atoms. The van der Waals surface area contributed by atoms with Gasteiger partial charge in [-0.2, -0.15) is 4.98 Å². The van der Waals surface area contributed by atoms with E-state index in [1.54, 1.807) is 0 Å². The first-order valence-electron chi connectivity index (χ1n) is 9.24. The molecule has 1 atom stereocenters. The van der Waals surface area contributed by atoms with Gasteiger partial charge in [0.05, 0.1) is 11.7 Å². The van der Waals surface area contributed by atoms with E-state index in [2.05, 4.69) is 42.3 Å². The summed E-state index contributed by atoms with van der Waals surface area (Å²) in [5.41, 5.74) is 8.15. The first-order valence-corrected chi connectivity index (χ1v) is 9.24. The predicted octanol–water partition coefficient (Wildman–Crippen LogP) is 2.47. The third-order valence-electron chi connectivity index (χ3n) is 5.26. The molecule has 1 fully saturated rings. The van der Waals surface area contributed by atoms with Gasteiger partial charge in [-0.1, -0.05) is 12.8 Å². The lowest BCUT2D eigenvalue weighted by atomic mass is 10.1. The third kappa shape index (κ3) is 4.62. The molecule has 2 aromatic heterocycles. The van der Waals surface area contributed by atoms with E-state index in [0.717, 1.165) is 48.8 Å². The number of fused-ring (bicyclic) bond motifs is 1. The van der Waals surface area contributed by atoms with Crippen LogP contribution >= 0.6 is 24.8 Å². The summed E-state index contributed by atoms with van der Waals surface area (Å²) in [6.07, 6.45) is 8.63. The molecule has 2 aromatic rings. The van der Waals surface area contributed by atoms with Gasteiger partial charge in [0.2, 0.25) is 5.95 Å². The summed E-state index contributed by atoms with van der Waals surface area (Å²) in [6.45, 7) is 3.96. The zero-order valence-electron chi connectivity index (χ0n) is 15.5. The number of nitrogens with zero attached hydrogens (tertiary/aromatic N) is 5. The van der Waals surface area contributed by atoms with Crippen molar-refractivity contribution < 1.29 is 0 Å². The van der Waals surface area contributed by atoms with E-state index >= 15 is 0 Å². The van der Waals surface area contributed by atoms with Gasteiger partial charge < -0.3 is 20.9 Å². The lowest BCUT2D eigenvalue weighted by Gasteiger charge is -2.21. The number of nitrogens with one attached hydrogen (secondary N) is 2. The molecule has 150 valence electrons. The molecule has 0 radical (unpaired) electrons. The van der Waals surface area contributed by atoms with Gasteiger partial charge in [0.1, 0.15) is 12.1 Å². The van der Waals surface area contributed by atoms with Gasteiger partial charge >= 0.3 is 0 Å². The van der Waals surface area contributed by atoms with Gasteiger partial charge in [0.15, 0.2) is 5.82 Å². The number of anilines is 2. The van der Waals surface area contributed by atoms with E-state index in [4.69, 9.17) is 5.73 Å². The second-order valence-corrected chi connectivity index (χ2v) is 7.01. The van der Waals surface area contributed by atoms with Gasteiger partial charge in [-0.05, 0) is 32.7 Å². The summed E-state index contributed by atoms with van der Waals surface area (Å²) in [5.74, 6) is 2.12. The molecule has 0 saturated heterocycles. The molecular weight excluding hydrogens is 387 g/mol. The fraction of sp³-hybridized carbons (Fsp3) is 0.647. The summed E-state index contributed by atoms with van der Waals surface area (Å²) in [6, 6.07) is 0.531. The molecule has 1 unspecified atom stereocenters. The summed E-state index contributed by atoms with van der Waals surface area (Å²) in [5, 5.41) is 15.5. The van der Waals surface area contributed by atoms with Crippen LogP contribution in [0.15, 0.2) is 6.33 Å². The van der Waals surface area contributed by atoms with Crippen LogP contribution in [0.5, 0.6) is 0 Å². The summed E-state index contributed by atoms with van der Waals surface area (Å²) in [7, 11) is 0. The fourth-order valence-electron chi connectivity index (χ4n) is 3.98. The van der Waals surface area contributed by atoms with E-state index in [1.165, 1.54) is 25.7 Å². The van der Waals surface area contributed by atoms with Crippen molar-refractivity contribution in [3.8, 4) is 0 Å². The van der Waals surface area contributed by atoms with E-state index in [-0.39, 0.29) is 30.9 Å². The van der Waals surface area contributed by atoms with Gasteiger partial charge in [0, 0.05) is 24.6 Å². The van der Waals surface area contributed by atoms with Crippen molar-refractivity contribution in [3.63, 3.8) is 0 Å². The van der Waals surface area contributed by atoms with Crippen LogP contribution in [-0.4, -0.2) is 37.8 Å². The molecule has 8 nitrogen and oxygen atoms in total. The van der Waals surface area contributed by atoms with Crippen LogP contribution in [-0.2, 0) is 12.8 Å². The largest absolute Gasteiger partial charge is 0.368 e. The number of aromatic nitrogens is 5. The maximum atomic E-state index is 5.94. The minimum Gasteiger partial charge on any atom is -0.368 e. The smallest absolute Gasteiger partial charge is 0.222 e. The molecule has 1 aliphatic heterocycles. The summed E-state index contributed by atoms with van der Waals surface area (Å²) >= 11 is 0. The lowest BCUT2D eigenvalue weighted by molar-refractivity contribution is 0.487. The van der Waals surface area contributed by atoms with Crippen molar-refractivity contribution in [2.24, 2.45) is 0 Å². The predicted molar refractivity (Wildman–Crippen MR) is 111 cm³/mol. The monoisotopic (exact) mass is 414 g/mol. The molecule has 3 heterocycles. The van der Waals surface area contributed by atoms with Crippen LogP contribution in [0.25, 0.3) is 0 Å². The van der Waals surface area contributed by atoms with Crippen LogP contribution in [0.1, 0.15) is 61.8 Å². The van der Waals surface area contributed by atoms with Crippen LogP contribution < -0.4 is 16.4 Å². The second-order valence-electron chi connectivity index (χ2n) is 7.01. The zero-order valence-corrected chi connectivity index (χ0v) is 17.2. The zero-order chi connectivity index (χ0) is 17.2. The third-order valence-corrected chi connectivity index (χ3v) is 5.26. The van der Waals surface area contributed by atoms with Gasteiger partial charge in [0.25, 0.3) is 0 Å². The maximum Gasteiger partial charge on any atom is 0.222 e. The topological polar surface area (TPSA) is 107 Å². The van der Waals surface area contributed by atoms with E-state index in [1.807, 2.05) is 6.33 Å². The normalized spacial score (nSPS) is 18.0. The Labute approximate surface area is 172 Å². The van der Waals surface area contributed by atoms with Crippen molar-refractivity contribution >= 4 is 36.6 Å². The lowest BCUT2D eigenvalue weighted by Crippen LogP contribution is -2.19. The Kier molecular flexibility index (Phi) is 7.64. The van der Waals surface area contributed by atoms with E-state index < -0.39 is 0 Å². The van der Waals surface area contributed by atoms with Crippen LogP contribution in [0.3, 0.4) is 0 Å². The first-order chi connectivity index (χ1) is 12.2. The highest BCUT2D eigenvalue weighted by Gasteiger charge is 2.24. The molecule has 10 heteroatoms. The van der Waals surface area contributed by atoms with Crippen LogP contribution in [0, 0.1) is 0 Å². The number of hydrogen-bond acceptors (Lipinski definition) is 7. The number of nitrogens with two attached hydrogens (primary N) is 1. The van der Waals surface area contributed by atoms with Gasteiger partial charge in [-0.15, -0.1) is 35.0 Å². The second kappa shape index (κ2) is 9.52. The van der Waals surface area contributed by atoms with Crippen molar-refractivity contribution in [2.45, 2.75) is 57.5 Å². The van der Waals surface area contributed by atoms with Crippen molar-refractivity contribution in [3.05, 3.63) is 23.4 Å². The van der Waals surface area contributed by atoms with Crippen molar-refractivity contribution in [1.29, 1.82) is 0 Å². The standard InChI is InChI=1S/C17H26N8.2ClH/c1-11(16-24-20-10-25(16)12-4-2-3-5-12)21-15-13-6-8-19-9-7-14(13)22-17(18)23-15;;/h10-12,19H,2-9H2,1H3,(H3,18,21,22,23);2*1H. The SMILES string of the molecule is CC(Nc1nc(N)nc2c1CCNCC2)c1nncn1C1CCCC1.Cl.Cl. The molecule has 0 amide bonds. The molecule has 1 saturated carbocycles. The molecule has 2 aliphatic rings. The van der Waals surface area contributed by atoms with Gasteiger partial charge in [-0.25, -0.2) is 4.98 Å². The highest BCUT2D eigenvalue weighted by molar-refractivity contribution is 5.85. The minimum atomic E-state index is 0. The van der Waals surface area contributed by atoms with E-state index in [0.29, 0.717) is 12.0 Å². The number of rotatable bonds is 4. The fourth-order valence-corrected chi connectivity index (χ4v) is 3.98. The first kappa shape index (κ1) is 21.7.